The van der Waals surface area contributed by atoms with Crippen molar-refractivity contribution in [2.45, 2.75) is 32.2 Å². The molecule has 1 aliphatic heterocycles. The molecule has 1 rings (SSSR count). The average molecular weight is 229 g/mol. The summed E-state index contributed by atoms with van der Waals surface area (Å²) in [6.45, 7) is 7.22. The minimum atomic E-state index is -0.266. The van der Waals surface area contributed by atoms with Crippen molar-refractivity contribution in [3.63, 3.8) is 0 Å². The Morgan fingerprint density at radius 1 is 1.38 bits per heavy atom. The predicted octanol–water partition coefficient (Wildman–Crippen LogP) is 0.546. The highest BCUT2D eigenvalue weighted by atomic mass is 16.5. The number of urea groups is 1. The van der Waals surface area contributed by atoms with E-state index in [0.29, 0.717) is 19.8 Å². The van der Waals surface area contributed by atoms with Crippen molar-refractivity contribution in [2.24, 2.45) is 5.73 Å². The van der Waals surface area contributed by atoms with Gasteiger partial charge in [0.2, 0.25) is 0 Å². The van der Waals surface area contributed by atoms with Gasteiger partial charge in [-0.15, -0.1) is 0 Å². The first-order valence-electron chi connectivity index (χ1n) is 6.02. The molecule has 0 radical (unpaired) electrons. The summed E-state index contributed by atoms with van der Waals surface area (Å²) in [6.07, 6.45) is 1.60. The van der Waals surface area contributed by atoms with Crippen molar-refractivity contribution in [2.75, 3.05) is 32.8 Å². The summed E-state index contributed by atoms with van der Waals surface area (Å²) in [7, 11) is 0. The molecule has 5 nitrogen and oxygen atoms in total. The summed E-state index contributed by atoms with van der Waals surface area (Å²) < 4.78 is 5.30. The predicted molar refractivity (Wildman–Crippen MR) is 63.3 cm³/mol. The van der Waals surface area contributed by atoms with Crippen LogP contribution in [0.3, 0.4) is 0 Å². The molecule has 1 fully saturated rings. The van der Waals surface area contributed by atoms with Gasteiger partial charge in [-0.3, -0.25) is 0 Å². The van der Waals surface area contributed by atoms with Crippen LogP contribution < -0.4 is 11.1 Å². The Hall–Kier alpha value is -0.810. The molecule has 0 aromatic heterocycles. The summed E-state index contributed by atoms with van der Waals surface area (Å²) in [4.78, 5) is 13.7. The SMILES string of the molecule is CCN(CC)C(=O)NC1(CN)CCOCC1. The monoisotopic (exact) mass is 229 g/mol. The first-order chi connectivity index (χ1) is 7.67. The lowest BCUT2D eigenvalue weighted by atomic mass is 9.90. The van der Waals surface area contributed by atoms with E-state index in [9.17, 15) is 4.79 Å². The summed E-state index contributed by atoms with van der Waals surface area (Å²) in [6, 6.07) is -0.0163. The van der Waals surface area contributed by atoms with Crippen LogP contribution in [0, 0.1) is 0 Å². The molecule has 1 aliphatic rings. The van der Waals surface area contributed by atoms with E-state index in [2.05, 4.69) is 5.32 Å². The number of amides is 2. The molecule has 2 amide bonds. The van der Waals surface area contributed by atoms with E-state index >= 15 is 0 Å². The molecule has 16 heavy (non-hydrogen) atoms. The van der Waals surface area contributed by atoms with Crippen LogP contribution in [0.1, 0.15) is 26.7 Å². The minimum absolute atomic E-state index is 0.0163. The van der Waals surface area contributed by atoms with Gasteiger partial charge < -0.3 is 20.7 Å². The molecule has 0 spiro atoms. The zero-order valence-electron chi connectivity index (χ0n) is 10.3. The fourth-order valence-corrected chi connectivity index (χ4v) is 1.96. The van der Waals surface area contributed by atoms with Crippen LogP contribution >= 0.6 is 0 Å². The minimum Gasteiger partial charge on any atom is -0.381 e. The van der Waals surface area contributed by atoms with Gasteiger partial charge in [0.25, 0.3) is 0 Å². The van der Waals surface area contributed by atoms with Crippen molar-refractivity contribution >= 4 is 6.03 Å². The van der Waals surface area contributed by atoms with E-state index in [1.165, 1.54) is 0 Å². The summed E-state index contributed by atoms with van der Waals surface area (Å²) >= 11 is 0. The number of nitrogens with zero attached hydrogens (tertiary/aromatic N) is 1. The third-order valence-electron chi connectivity index (χ3n) is 3.26. The zero-order chi connectivity index (χ0) is 12.0. The quantitative estimate of drug-likeness (QED) is 0.739. The highest BCUT2D eigenvalue weighted by Gasteiger charge is 2.33. The van der Waals surface area contributed by atoms with Crippen LogP contribution in [0.5, 0.6) is 0 Å². The lowest BCUT2D eigenvalue weighted by Crippen LogP contribution is -2.59. The van der Waals surface area contributed by atoms with E-state index < -0.39 is 0 Å². The number of nitrogens with two attached hydrogens (primary N) is 1. The van der Waals surface area contributed by atoms with Crippen LogP contribution in [0.25, 0.3) is 0 Å². The largest absolute Gasteiger partial charge is 0.381 e. The Kier molecular flexibility index (Phi) is 5.02. The summed E-state index contributed by atoms with van der Waals surface area (Å²) in [5.74, 6) is 0. The Bertz CT molecular complexity index is 223. The molecule has 0 aliphatic carbocycles. The third kappa shape index (κ3) is 3.09. The van der Waals surface area contributed by atoms with E-state index in [1.54, 1.807) is 4.90 Å². The molecular weight excluding hydrogens is 206 g/mol. The number of hydrogen-bond donors (Lipinski definition) is 2. The van der Waals surface area contributed by atoms with Gasteiger partial charge in [0.05, 0.1) is 5.54 Å². The van der Waals surface area contributed by atoms with Crippen molar-refractivity contribution in [3.05, 3.63) is 0 Å². The molecule has 1 heterocycles. The van der Waals surface area contributed by atoms with E-state index in [1.807, 2.05) is 13.8 Å². The first-order valence-corrected chi connectivity index (χ1v) is 6.02. The van der Waals surface area contributed by atoms with Gasteiger partial charge in [-0.05, 0) is 26.7 Å². The number of nitrogens with one attached hydrogen (secondary N) is 1. The van der Waals surface area contributed by atoms with Crippen LogP contribution in [-0.4, -0.2) is 49.3 Å². The van der Waals surface area contributed by atoms with Gasteiger partial charge in [-0.1, -0.05) is 0 Å². The lowest BCUT2D eigenvalue weighted by molar-refractivity contribution is 0.0433. The van der Waals surface area contributed by atoms with E-state index in [4.69, 9.17) is 10.5 Å². The van der Waals surface area contributed by atoms with Gasteiger partial charge in [0.1, 0.15) is 0 Å². The van der Waals surface area contributed by atoms with Crippen molar-refractivity contribution in [1.29, 1.82) is 0 Å². The molecular formula is C11H23N3O2. The maximum atomic E-state index is 12.0. The van der Waals surface area contributed by atoms with Crippen LogP contribution in [0.15, 0.2) is 0 Å². The standard InChI is InChI=1S/C11H23N3O2/c1-3-14(4-2)10(15)13-11(9-12)5-7-16-8-6-11/h3-9,12H2,1-2H3,(H,13,15). The maximum absolute atomic E-state index is 12.0. The van der Waals surface area contributed by atoms with Gasteiger partial charge in [0, 0.05) is 32.8 Å². The number of carbonyl (C=O) groups excluding carboxylic acids is 1. The maximum Gasteiger partial charge on any atom is 0.317 e. The summed E-state index contributed by atoms with van der Waals surface area (Å²) in [5.41, 5.74) is 5.51. The zero-order valence-corrected chi connectivity index (χ0v) is 10.3. The lowest BCUT2D eigenvalue weighted by Gasteiger charge is -2.38. The molecule has 0 aromatic rings. The van der Waals surface area contributed by atoms with Crippen LogP contribution in [-0.2, 0) is 4.74 Å². The molecule has 1 saturated heterocycles. The fraction of sp³-hybridized carbons (Fsp3) is 0.909. The second-order valence-corrected chi connectivity index (χ2v) is 4.20. The highest BCUT2D eigenvalue weighted by Crippen LogP contribution is 2.19. The fourth-order valence-electron chi connectivity index (χ4n) is 1.96. The molecule has 0 unspecified atom stereocenters. The second-order valence-electron chi connectivity index (χ2n) is 4.20. The average Bonchev–Trinajstić information content (AvgIpc) is 2.32. The number of hydrogen-bond acceptors (Lipinski definition) is 3. The Morgan fingerprint density at radius 3 is 2.38 bits per heavy atom. The third-order valence-corrected chi connectivity index (χ3v) is 3.26. The van der Waals surface area contributed by atoms with E-state index in [-0.39, 0.29) is 11.6 Å². The second kappa shape index (κ2) is 6.06. The molecule has 3 N–H and O–H groups in total. The van der Waals surface area contributed by atoms with Crippen molar-refractivity contribution < 1.29 is 9.53 Å². The molecule has 5 heteroatoms. The smallest absolute Gasteiger partial charge is 0.317 e. The molecule has 0 saturated carbocycles. The van der Waals surface area contributed by atoms with Gasteiger partial charge >= 0.3 is 6.03 Å². The Morgan fingerprint density at radius 2 is 1.94 bits per heavy atom. The summed E-state index contributed by atoms with van der Waals surface area (Å²) in [5, 5.41) is 3.07. The molecule has 0 aromatic carbocycles. The first kappa shape index (κ1) is 13.3. The highest BCUT2D eigenvalue weighted by molar-refractivity contribution is 5.75. The molecule has 0 bridgehead atoms. The van der Waals surface area contributed by atoms with E-state index in [0.717, 1.165) is 25.9 Å². The molecule has 0 atom stereocenters. The number of rotatable bonds is 4. The van der Waals surface area contributed by atoms with Crippen molar-refractivity contribution in [1.82, 2.24) is 10.2 Å². The topological polar surface area (TPSA) is 67.6 Å². The van der Waals surface area contributed by atoms with Crippen LogP contribution in [0.2, 0.25) is 0 Å². The Balaban J connectivity index is 2.57. The van der Waals surface area contributed by atoms with Gasteiger partial charge in [-0.2, -0.15) is 0 Å². The van der Waals surface area contributed by atoms with Gasteiger partial charge in [-0.25, -0.2) is 4.79 Å². The van der Waals surface area contributed by atoms with Crippen LogP contribution in [0.4, 0.5) is 4.79 Å². The normalized spacial score (nSPS) is 19.2. The number of ether oxygens (including phenoxy) is 1. The molecule has 94 valence electrons. The Labute approximate surface area is 97.3 Å². The number of carbonyl (C=O) groups is 1. The van der Waals surface area contributed by atoms with Crippen molar-refractivity contribution in [3.8, 4) is 0 Å². The van der Waals surface area contributed by atoms with Gasteiger partial charge in [0.15, 0.2) is 0 Å².